The fourth-order valence-corrected chi connectivity index (χ4v) is 4.16. The number of aromatic amines is 1. The van der Waals surface area contributed by atoms with E-state index in [-0.39, 0.29) is 18.4 Å². The lowest BCUT2D eigenvalue weighted by molar-refractivity contribution is -0.116. The van der Waals surface area contributed by atoms with Crippen LogP contribution in [0.2, 0.25) is 0 Å². The highest BCUT2D eigenvalue weighted by Gasteiger charge is 2.20. The second-order valence-corrected chi connectivity index (χ2v) is 7.66. The van der Waals surface area contributed by atoms with Crippen LogP contribution in [0.5, 0.6) is 0 Å². The number of carbonyl (C=O) groups is 2. The van der Waals surface area contributed by atoms with E-state index in [1.807, 2.05) is 48.5 Å². The molecule has 0 radical (unpaired) electrons. The lowest BCUT2D eigenvalue weighted by Gasteiger charge is -2.17. The summed E-state index contributed by atoms with van der Waals surface area (Å²) in [6.45, 7) is -0.0182. The van der Waals surface area contributed by atoms with Crippen LogP contribution in [0.4, 0.5) is 5.69 Å². The molecule has 30 heavy (non-hydrogen) atoms. The Hall–Kier alpha value is -3.86. The predicted octanol–water partition coefficient (Wildman–Crippen LogP) is 4.45. The summed E-state index contributed by atoms with van der Waals surface area (Å²) in [5, 5.41) is 3.78. The van der Waals surface area contributed by atoms with Crippen molar-refractivity contribution in [2.45, 2.75) is 6.42 Å². The molecule has 1 aromatic heterocycles. The van der Waals surface area contributed by atoms with Crippen LogP contribution in [-0.2, 0) is 11.2 Å². The number of rotatable bonds is 4. The molecular weight excluding hydrogens is 374 g/mol. The number of amides is 2. The van der Waals surface area contributed by atoms with Gasteiger partial charge in [0.2, 0.25) is 5.91 Å². The normalized spacial score (nSPS) is 11.8. The van der Waals surface area contributed by atoms with E-state index in [1.54, 1.807) is 13.2 Å². The zero-order chi connectivity index (χ0) is 20.7. The maximum absolute atomic E-state index is 12.8. The molecule has 4 aromatic rings. The number of fused-ring (bicyclic) bond motifs is 4. The highest BCUT2D eigenvalue weighted by molar-refractivity contribution is 6.08. The van der Waals surface area contributed by atoms with Gasteiger partial charge in [-0.25, -0.2) is 0 Å². The van der Waals surface area contributed by atoms with Crippen LogP contribution in [0, 0.1) is 0 Å². The number of nitrogens with zero attached hydrogens (tertiary/aromatic N) is 1. The number of hydrogen-bond donors (Lipinski definition) is 2. The van der Waals surface area contributed by atoms with Crippen molar-refractivity contribution in [3.63, 3.8) is 0 Å². The maximum Gasteiger partial charge on any atom is 0.256 e. The van der Waals surface area contributed by atoms with Crippen molar-refractivity contribution in [3.05, 3.63) is 89.6 Å². The van der Waals surface area contributed by atoms with E-state index in [1.165, 1.54) is 27.2 Å². The van der Waals surface area contributed by atoms with Crippen LogP contribution < -0.4 is 5.32 Å². The molecule has 5 nitrogen and oxygen atoms in total. The third-order valence-electron chi connectivity index (χ3n) is 5.62. The average molecular weight is 395 g/mol. The molecule has 1 heterocycles. The van der Waals surface area contributed by atoms with E-state index in [4.69, 9.17) is 0 Å². The standard InChI is InChI=1S/C25H21N3O2/c1-28(25(30)22-14-26-23-9-5-4-8-21(22)23)15-24(29)27-18-10-11-20-17(13-18)12-16-6-2-3-7-19(16)20/h2-11,13-14,26H,12,15H2,1H3,(H,27,29). The third kappa shape index (κ3) is 3.14. The van der Waals surface area contributed by atoms with Crippen LogP contribution in [0.3, 0.4) is 0 Å². The second-order valence-electron chi connectivity index (χ2n) is 7.66. The van der Waals surface area contributed by atoms with Gasteiger partial charge in [0, 0.05) is 29.8 Å². The van der Waals surface area contributed by atoms with Gasteiger partial charge < -0.3 is 15.2 Å². The lowest BCUT2D eigenvalue weighted by Crippen LogP contribution is -2.34. The fourth-order valence-electron chi connectivity index (χ4n) is 4.16. The summed E-state index contributed by atoms with van der Waals surface area (Å²) < 4.78 is 0. The number of para-hydroxylation sites is 1. The Balaban J connectivity index is 1.27. The Bertz CT molecular complexity index is 1290. The molecular formula is C25H21N3O2. The highest BCUT2D eigenvalue weighted by Crippen LogP contribution is 2.37. The average Bonchev–Trinajstić information content (AvgIpc) is 3.34. The van der Waals surface area contributed by atoms with Crippen molar-refractivity contribution in [2.75, 3.05) is 18.9 Å². The van der Waals surface area contributed by atoms with Crippen LogP contribution >= 0.6 is 0 Å². The zero-order valence-corrected chi connectivity index (χ0v) is 16.6. The monoisotopic (exact) mass is 395 g/mol. The number of anilines is 1. The second kappa shape index (κ2) is 7.19. The number of H-pyrrole nitrogens is 1. The molecule has 0 atom stereocenters. The first-order chi connectivity index (χ1) is 14.6. The zero-order valence-electron chi connectivity index (χ0n) is 16.6. The summed E-state index contributed by atoms with van der Waals surface area (Å²) >= 11 is 0. The first kappa shape index (κ1) is 18.2. The van der Waals surface area contributed by atoms with Crippen molar-refractivity contribution in [1.82, 2.24) is 9.88 Å². The number of hydrogen-bond acceptors (Lipinski definition) is 2. The van der Waals surface area contributed by atoms with Crippen molar-refractivity contribution in [2.24, 2.45) is 0 Å². The Morgan fingerprint density at radius 2 is 1.73 bits per heavy atom. The minimum atomic E-state index is -0.221. The quantitative estimate of drug-likeness (QED) is 0.472. The van der Waals surface area contributed by atoms with Gasteiger partial charge in [0.25, 0.3) is 5.91 Å². The molecule has 0 aliphatic heterocycles. The number of likely N-dealkylation sites (N-methyl/N-ethyl adjacent to an activating group) is 1. The number of nitrogens with one attached hydrogen (secondary N) is 2. The van der Waals surface area contributed by atoms with Gasteiger partial charge in [0.1, 0.15) is 0 Å². The third-order valence-corrected chi connectivity index (χ3v) is 5.62. The van der Waals surface area contributed by atoms with E-state index in [0.29, 0.717) is 5.56 Å². The van der Waals surface area contributed by atoms with E-state index in [9.17, 15) is 9.59 Å². The van der Waals surface area contributed by atoms with Crippen molar-refractivity contribution in [1.29, 1.82) is 0 Å². The summed E-state index contributed by atoms with van der Waals surface area (Å²) in [5.74, 6) is -0.409. The van der Waals surface area contributed by atoms with Gasteiger partial charge >= 0.3 is 0 Å². The Morgan fingerprint density at radius 3 is 2.63 bits per heavy atom. The van der Waals surface area contributed by atoms with Gasteiger partial charge in [0.05, 0.1) is 12.1 Å². The molecule has 148 valence electrons. The van der Waals surface area contributed by atoms with E-state index in [2.05, 4.69) is 28.5 Å². The largest absolute Gasteiger partial charge is 0.360 e. The van der Waals surface area contributed by atoms with Crippen molar-refractivity contribution in [3.8, 4) is 11.1 Å². The van der Waals surface area contributed by atoms with Crippen molar-refractivity contribution < 1.29 is 9.59 Å². The molecule has 1 aliphatic carbocycles. The van der Waals surface area contributed by atoms with E-state index in [0.717, 1.165) is 23.0 Å². The topological polar surface area (TPSA) is 65.2 Å². The fraction of sp³-hybridized carbons (Fsp3) is 0.120. The smallest absolute Gasteiger partial charge is 0.256 e. The van der Waals surface area contributed by atoms with Gasteiger partial charge in [-0.15, -0.1) is 0 Å². The van der Waals surface area contributed by atoms with Crippen LogP contribution in [0.25, 0.3) is 22.0 Å². The van der Waals surface area contributed by atoms with Gasteiger partial charge in [-0.3, -0.25) is 9.59 Å². The van der Waals surface area contributed by atoms with Crippen LogP contribution in [0.1, 0.15) is 21.5 Å². The molecule has 0 spiro atoms. The van der Waals surface area contributed by atoms with Gasteiger partial charge in [-0.2, -0.15) is 0 Å². The lowest BCUT2D eigenvalue weighted by atomic mass is 10.1. The van der Waals surface area contributed by atoms with Crippen LogP contribution in [0.15, 0.2) is 72.9 Å². The molecule has 0 fully saturated rings. The van der Waals surface area contributed by atoms with Gasteiger partial charge in [-0.05, 0) is 46.9 Å². The van der Waals surface area contributed by atoms with E-state index >= 15 is 0 Å². The summed E-state index contributed by atoms with van der Waals surface area (Å²) in [6.07, 6.45) is 2.56. The molecule has 1 aliphatic rings. The predicted molar refractivity (Wildman–Crippen MR) is 119 cm³/mol. The molecule has 0 saturated heterocycles. The van der Waals surface area contributed by atoms with Crippen LogP contribution in [-0.4, -0.2) is 35.3 Å². The summed E-state index contributed by atoms with van der Waals surface area (Å²) in [6, 6.07) is 22.0. The Labute approximate surface area is 174 Å². The molecule has 2 amide bonds. The number of carbonyl (C=O) groups excluding carboxylic acids is 2. The molecule has 2 N–H and O–H groups in total. The number of benzene rings is 3. The SMILES string of the molecule is CN(CC(=O)Nc1ccc2c(c1)Cc1ccccc1-2)C(=O)c1c[nH]c2ccccc12. The summed E-state index contributed by atoms with van der Waals surface area (Å²) in [7, 11) is 1.64. The Kier molecular flexibility index (Phi) is 4.36. The molecule has 5 heteroatoms. The van der Waals surface area contributed by atoms with Crippen molar-refractivity contribution >= 4 is 28.4 Å². The van der Waals surface area contributed by atoms with Gasteiger partial charge in [0.15, 0.2) is 0 Å². The molecule has 0 bridgehead atoms. The number of aromatic nitrogens is 1. The summed E-state index contributed by atoms with van der Waals surface area (Å²) in [4.78, 5) is 29.9. The minimum absolute atomic E-state index is 0.0182. The Morgan fingerprint density at radius 1 is 0.967 bits per heavy atom. The molecule has 3 aromatic carbocycles. The molecule has 0 unspecified atom stereocenters. The summed E-state index contributed by atoms with van der Waals surface area (Å²) in [5.41, 5.74) is 7.20. The highest BCUT2D eigenvalue weighted by atomic mass is 16.2. The molecule has 5 rings (SSSR count). The first-order valence-electron chi connectivity index (χ1n) is 9.93. The maximum atomic E-state index is 12.8. The van der Waals surface area contributed by atoms with E-state index < -0.39 is 0 Å². The first-order valence-corrected chi connectivity index (χ1v) is 9.93. The minimum Gasteiger partial charge on any atom is -0.360 e. The van der Waals surface area contributed by atoms with Gasteiger partial charge in [-0.1, -0.05) is 48.5 Å². The molecule has 0 saturated carbocycles.